The van der Waals surface area contributed by atoms with Crippen molar-refractivity contribution in [1.29, 1.82) is 0 Å². The minimum absolute atomic E-state index is 0.130. The van der Waals surface area contributed by atoms with E-state index in [1.807, 2.05) is 24.3 Å². The van der Waals surface area contributed by atoms with E-state index in [2.05, 4.69) is 11.1 Å². The molecule has 1 fully saturated rings. The maximum atomic E-state index is 14.2. The van der Waals surface area contributed by atoms with Gasteiger partial charge in [0.15, 0.2) is 0 Å². The molecule has 104 valence electrons. The molecule has 1 saturated carbocycles. The monoisotopic (exact) mass is 278 g/mol. The van der Waals surface area contributed by atoms with E-state index in [0.29, 0.717) is 5.69 Å². The molecule has 0 spiro atoms. The maximum Gasteiger partial charge on any atom is 0.127 e. The smallest absolute Gasteiger partial charge is 0.127 e. The van der Waals surface area contributed by atoms with Crippen LogP contribution in [0.2, 0.25) is 0 Å². The van der Waals surface area contributed by atoms with Gasteiger partial charge >= 0.3 is 0 Å². The molecule has 1 aliphatic carbocycles. The fraction of sp³-hybridized carbons (Fsp3) is 0.167. The number of nitrogens with two attached hydrogens (primary N) is 1. The summed E-state index contributed by atoms with van der Waals surface area (Å²) >= 11 is 0. The van der Waals surface area contributed by atoms with Crippen LogP contribution in [0.15, 0.2) is 54.7 Å². The summed E-state index contributed by atoms with van der Waals surface area (Å²) in [6.07, 6.45) is 3.65. The van der Waals surface area contributed by atoms with Crippen molar-refractivity contribution in [2.24, 2.45) is 0 Å². The van der Waals surface area contributed by atoms with Crippen molar-refractivity contribution >= 4 is 16.6 Å². The molecule has 2 aromatic carbocycles. The molecule has 1 aromatic heterocycles. The lowest BCUT2D eigenvalue weighted by atomic mass is 9.87. The number of nitrogen functional groups attached to an aromatic ring is 1. The number of nitrogens with zero attached hydrogens (tertiary/aromatic N) is 1. The summed E-state index contributed by atoms with van der Waals surface area (Å²) in [6, 6.07) is 14.9. The number of aromatic nitrogens is 1. The van der Waals surface area contributed by atoms with Crippen molar-refractivity contribution in [1.82, 2.24) is 4.98 Å². The Hall–Kier alpha value is -2.42. The van der Waals surface area contributed by atoms with Crippen LogP contribution in [0, 0.1) is 5.82 Å². The van der Waals surface area contributed by atoms with Crippen LogP contribution in [0.4, 0.5) is 10.1 Å². The van der Waals surface area contributed by atoms with Gasteiger partial charge in [0.2, 0.25) is 0 Å². The molecular weight excluding hydrogens is 263 g/mol. The third-order valence-electron chi connectivity index (χ3n) is 4.47. The molecule has 3 heteroatoms. The van der Waals surface area contributed by atoms with E-state index in [9.17, 15) is 4.39 Å². The number of rotatable bonds is 2. The Morgan fingerprint density at radius 2 is 1.86 bits per heavy atom. The third kappa shape index (κ3) is 1.81. The number of anilines is 1. The Morgan fingerprint density at radius 3 is 2.62 bits per heavy atom. The molecule has 0 aliphatic heterocycles. The van der Waals surface area contributed by atoms with E-state index in [1.54, 1.807) is 18.3 Å². The van der Waals surface area contributed by atoms with Crippen LogP contribution in [-0.2, 0) is 5.41 Å². The summed E-state index contributed by atoms with van der Waals surface area (Å²) in [7, 11) is 0. The average molecular weight is 278 g/mol. The van der Waals surface area contributed by atoms with Gasteiger partial charge in [0.05, 0.1) is 5.52 Å². The molecule has 0 saturated heterocycles. The summed E-state index contributed by atoms with van der Waals surface area (Å²) in [6.45, 7) is 0. The SMILES string of the molecule is Nc1ccnc2ccc(C3(c4ccccc4F)CC3)cc12. The summed E-state index contributed by atoms with van der Waals surface area (Å²) in [4.78, 5) is 4.32. The van der Waals surface area contributed by atoms with E-state index in [1.165, 1.54) is 6.07 Å². The van der Waals surface area contributed by atoms with Gasteiger partial charge in [-0.05, 0) is 48.2 Å². The predicted molar refractivity (Wildman–Crippen MR) is 82.6 cm³/mol. The lowest BCUT2D eigenvalue weighted by Crippen LogP contribution is -2.11. The van der Waals surface area contributed by atoms with E-state index >= 15 is 0 Å². The molecule has 2 N–H and O–H groups in total. The van der Waals surface area contributed by atoms with Crippen molar-refractivity contribution in [3.63, 3.8) is 0 Å². The lowest BCUT2D eigenvalue weighted by Gasteiger charge is -2.18. The van der Waals surface area contributed by atoms with Crippen LogP contribution < -0.4 is 5.73 Å². The lowest BCUT2D eigenvalue weighted by molar-refractivity contribution is 0.594. The van der Waals surface area contributed by atoms with Gasteiger partial charge in [-0.15, -0.1) is 0 Å². The molecular formula is C18H15FN2. The fourth-order valence-corrected chi connectivity index (χ4v) is 3.15. The molecule has 3 aromatic rings. The first-order valence-electron chi connectivity index (χ1n) is 7.10. The summed E-state index contributed by atoms with van der Waals surface area (Å²) in [5.74, 6) is -0.130. The Labute approximate surface area is 122 Å². The Morgan fingerprint density at radius 1 is 1.05 bits per heavy atom. The first-order chi connectivity index (χ1) is 10.2. The van der Waals surface area contributed by atoms with Crippen molar-refractivity contribution < 1.29 is 4.39 Å². The average Bonchev–Trinajstić information content (AvgIpc) is 3.29. The molecule has 1 aliphatic rings. The van der Waals surface area contributed by atoms with Gasteiger partial charge in [0.25, 0.3) is 0 Å². The zero-order valence-corrected chi connectivity index (χ0v) is 11.5. The number of fused-ring (bicyclic) bond motifs is 1. The van der Waals surface area contributed by atoms with Gasteiger partial charge in [-0.1, -0.05) is 24.3 Å². The Kier molecular flexibility index (Phi) is 2.52. The first kappa shape index (κ1) is 12.3. The highest BCUT2D eigenvalue weighted by molar-refractivity contribution is 5.90. The first-order valence-corrected chi connectivity index (χ1v) is 7.10. The number of halogens is 1. The van der Waals surface area contributed by atoms with Crippen molar-refractivity contribution in [3.05, 3.63) is 71.7 Å². The number of hydrogen-bond donors (Lipinski definition) is 1. The zero-order valence-electron chi connectivity index (χ0n) is 11.5. The highest BCUT2D eigenvalue weighted by atomic mass is 19.1. The Balaban J connectivity index is 1.91. The Bertz CT molecular complexity index is 837. The van der Waals surface area contributed by atoms with Crippen LogP contribution in [0.25, 0.3) is 10.9 Å². The largest absolute Gasteiger partial charge is 0.398 e. The van der Waals surface area contributed by atoms with Crippen LogP contribution in [0.3, 0.4) is 0 Å². The minimum atomic E-state index is -0.193. The summed E-state index contributed by atoms with van der Waals surface area (Å²) < 4.78 is 14.2. The van der Waals surface area contributed by atoms with Gasteiger partial charge in [-0.25, -0.2) is 4.39 Å². The van der Waals surface area contributed by atoms with E-state index < -0.39 is 0 Å². The molecule has 0 radical (unpaired) electrons. The molecule has 0 bridgehead atoms. The molecule has 21 heavy (non-hydrogen) atoms. The topological polar surface area (TPSA) is 38.9 Å². The third-order valence-corrected chi connectivity index (χ3v) is 4.47. The molecule has 0 atom stereocenters. The normalized spacial score (nSPS) is 16.0. The van der Waals surface area contributed by atoms with Gasteiger partial charge < -0.3 is 5.73 Å². The molecule has 0 unspecified atom stereocenters. The second-order valence-electron chi connectivity index (χ2n) is 5.69. The number of pyridine rings is 1. The fourth-order valence-electron chi connectivity index (χ4n) is 3.15. The quantitative estimate of drug-likeness (QED) is 0.768. The molecule has 4 rings (SSSR count). The van der Waals surface area contributed by atoms with Gasteiger partial charge in [0, 0.05) is 22.7 Å². The van der Waals surface area contributed by atoms with Crippen LogP contribution >= 0.6 is 0 Å². The second-order valence-corrected chi connectivity index (χ2v) is 5.69. The van der Waals surface area contributed by atoms with Crippen LogP contribution in [0.1, 0.15) is 24.0 Å². The van der Waals surface area contributed by atoms with Crippen molar-refractivity contribution in [2.75, 3.05) is 5.73 Å². The molecule has 1 heterocycles. The van der Waals surface area contributed by atoms with E-state index in [0.717, 1.165) is 34.9 Å². The van der Waals surface area contributed by atoms with Gasteiger partial charge in [-0.3, -0.25) is 4.98 Å². The minimum Gasteiger partial charge on any atom is -0.398 e. The number of benzene rings is 2. The summed E-state index contributed by atoms with van der Waals surface area (Å²) in [5.41, 5.74) is 9.35. The van der Waals surface area contributed by atoms with Crippen molar-refractivity contribution in [2.45, 2.75) is 18.3 Å². The second kappa shape index (κ2) is 4.29. The van der Waals surface area contributed by atoms with Gasteiger partial charge in [-0.2, -0.15) is 0 Å². The highest BCUT2D eigenvalue weighted by Gasteiger charge is 2.47. The number of hydrogen-bond acceptors (Lipinski definition) is 2. The van der Waals surface area contributed by atoms with Crippen LogP contribution in [-0.4, -0.2) is 4.98 Å². The van der Waals surface area contributed by atoms with Gasteiger partial charge in [0.1, 0.15) is 5.82 Å². The van der Waals surface area contributed by atoms with E-state index in [-0.39, 0.29) is 11.2 Å². The van der Waals surface area contributed by atoms with Crippen LogP contribution in [0.5, 0.6) is 0 Å². The standard InChI is InChI=1S/C18H15FN2/c19-15-4-2-1-3-14(15)18(8-9-18)12-5-6-17-13(11-12)16(20)7-10-21-17/h1-7,10-11H,8-9H2,(H2,20,21). The van der Waals surface area contributed by atoms with Crippen molar-refractivity contribution in [3.8, 4) is 0 Å². The van der Waals surface area contributed by atoms with E-state index in [4.69, 9.17) is 5.73 Å². The summed E-state index contributed by atoms with van der Waals surface area (Å²) in [5, 5.41) is 0.942. The zero-order chi connectivity index (χ0) is 14.4. The predicted octanol–water partition coefficient (Wildman–Crippen LogP) is 4.04. The molecule has 0 amide bonds. The molecule has 2 nitrogen and oxygen atoms in total. The maximum absolute atomic E-state index is 14.2. The highest BCUT2D eigenvalue weighted by Crippen LogP contribution is 2.54.